The van der Waals surface area contributed by atoms with Gasteiger partial charge in [0.05, 0.1) is 5.69 Å². The number of amides is 1. The van der Waals surface area contributed by atoms with E-state index in [1.807, 2.05) is 30.5 Å². The Labute approximate surface area is 121 Å². The third-order valence-corrected chi connectivity index (χ3v) is 3.46. The number of carbonyl (C=O) groups excluding carboxylic acids is 1. The molecule has 0 radical (unpaired) electrons. The van der Waals surface area contributed by atoms with Crippen LogP contribution in [0.5, 0.6) is 0 Å². The first-order valence-electron chi connectivity index (χ1n) is 6.06. The highest BCUT2D eigenvalue weighted by molar-refractivity contribution is 7.98. The van der Waals surface area contributed by atoms with E-state index in [1.54, 1.807) is 30.0 Å². The van der Waals surface area contributed by atoms with Crippen molar-refractivity contribution in [2.45, 2.75) is 4.90 Å². The van der Waals surface area contributed by atoms with E-state index >= 15 is 0 Å². The number of anilines is 1. The Morgan fingerprint density at radius 1 is 1.15 bits per heavy atom. The molecule has 102 valence electrons. The lowest BCUT2D eigenvalue weighted by Gasteiger charge is -2.06. The van der Waals surface area contributed by atoms with Gasteiger partial charge in [-0.15, -0.1) is 11.8 Å². The topological polar surface area (TPSA) is 29.1 Å². The molecule has 0 fully saturated rings. The highest BCUT2D eigenvalue weighted by Gasteiger charge is 2.02. The summed E-state index contributed by atoms with van der Waals surface area (Å²) in [5.41, 5.74) is 1.56. The standard InChI is InChI=1S/C16H14FNOS/c1-20-15-5-3-2-4-14(15)18-16(19)11-8-12-6-9-13(17)10-7-12/h2-11H,1H3,(H,18,19). The average molecular weight is 287 g/mol. The zero-order chi connectivity index (χ0) is 14.4. The molecule has 1 amide bonds. The Hall–Kier alpha value is -2.07. The van der Waals surface area contributed by atoms with Gasteiger partial charge in [0, 0.05) is 11.0 Å². The predicted molar refractivity (Wildman–Crippen MR) is 82.3 cm³/mol. The van der Waals surface area contributed by atoms with Crippen LogP contribution in [0.15, 0.2) is 59.5 Å². The van der Waals surface area contributed by atoms with Crippen LogP contribution in [0.2, 0.25) is 0 Å². The van der Waals surface area contributed by atoms with Gasteiger partial charge in [-0.3, -0.25) is 4.79 Å². The lowest BCUT2D eigenvalue weighted by Crippen LogP contribution is -2.08. The maximum atomic E-state index is 12.8. The maximum Gasteiger partial charge on any atom is 0.248 e. The van der Waals surface area contributed by atoms with Gasteiger partial charge in [0.1, 0.15) is 5.82 Å². The van der Waals surface area contributed by atoms with Gasteiger partial charge in [0.2, 0.25) is 5.91 Å². The van der Waals surface area contributed by atoms with Crippen LogP contribution < -0.4 is 5.32 Å². The fourth-order valence-electron chi connectivity index (χ4n) is 1.67. The number of hydrogen-bond acceptors (Lipinski definition) is 2. The van der Waals surface area contributed by atoms with Gasteiger partial charge in [-0.25, -0.2) is 4.39 Å². The van der Waals surface area contributed by atoms with E-state index in [9.17, 15) is 9.18 Å². The summed E-state index contributed by atoms with van der Waals surface area (Å²) in [6.45, 7) is 0. The van der Waals surface area contributed by atoms with E-state index in [0.717, 1.165) is 16.1 Å². The van der Waals surface area contributed by atoms with Crippen LogP contribution in [0, 0.1) is 5.82 Å². The second kappa shape index (κ2) is 6.91. The molecule has 0 heterocycles. The molecule has 2 nitrogen and oxygen atoms in total. The quantitative estimate of drug-likeness (QED) is 0.674. The van der Waals surface area contributed by atoms with Gasteiger partial charge >= 0.3 is 0 Å². The van der Waals surface area contributed by atoms with Crippen LogP contribution in [-0.2, 0) is 4.79 Å². The maximum absolute atomic E-state index is 12.8. The third-order valence-electron chi connectivity index (χ3n) is 2.66. The number of benzene rings is 2. The largest absolute Gasteiger partial charge is 0.321 e. The number of hydrogen-bond donors (Lipinski definition) is 1. The van der Waals surface area contributed by atoms with Crippen molar-refractivity contribution in [3.05, 3.63) is 66.0 Å². The first-order chi connectivity index (χ1) is 9.69. The molecule has 0 bridgehead atoms. The monoisotopic (exact) mass is 287 g/mol. The second-order valence-corrected chi connectivity index (χ2v) is 4.92. The first-order valence-corrected chi connectivity index (χ1v) is 7.29. The van der Waals surface area contributed by atoms with Crippen molar-refractivity contribution in [3.63, 3.8) is 0 Å². The minimum absolute atomic E-state index is 0.212. The zero-order valence-corrected chi connectivity index (χ0v) is 11.8. The van der Waals surface area contributed by atoms with Gasteiger partial charge in [0.15, 0.2) is 0 Å². The molecule has 2 rings (SSSR count). The molecule has 2 aromatic rings. The van der Waals surface area contributed by atoms with Crippen LogP contribution in [-0.4, -0.2) is 12.2 Å². The Kier molecular flexibility index (Phi) is 4.96. The summed E-state index contributed by atoms with van der Waals surface area (Å²) >= 11 is 1.57. The molecule has 0 aromatic heterocycles. The fraction of sp³-hybridized carbons (Fsp3) is 0.0625. The highest BCUT2D eigenvalue weighted by Crippen LogP contribution is 2.24. The number of halogens is 1. The number of thioether (sulfide) groups is 1. The van der Waals surface area contributed by atoms with Crippen LogP contribution in [0.4, 0.5) is 10.1 Å². The summed E-state index contributed by atoms with van der Waals surface area (Å²) in [4.78, 5) is 12.8. The summed E-state index contributed by atoms with van der Waals surface area (Å²) in [5.74, 6) is -0.503. The normalized spacial score (nSPS) is 10.7. The molecule has 0 aliphatic carbocycles. The lowest BCUT2D eigenvalue weighted by molar-refractivity contribution is -0.111. The van der Waals surface area contributed by atoms with E-state index < -0.39 is 0 Å². The van der Waals surface area contributed by atoms with Crippen LogP contribution in [0.1, 0.15) is 5.56 Å². The Morgan fingerprint density at radius 2 is 1.85 bits per heavy atom. The third kappa shape index (κ3) is 3.96. The van der Waals surface area contributed by atoms with Crippen LogP contribution in [0.25, 0.3) is 6.08 Å². The molecule has 20 heavy (non-hydrogen) atoms. The first kappa shape index (κ1) is 14.3. The lowest BCUT2D eigenvalue weighted by atomic mass is 10.2. The Bertz CT molecular complexity index is 623. The van der Waals surface area contributed by atoms with Gasteiger partial charge < -0.3 is 5.32 Å². The molecule has 0 aliphatic heterocycles. The second-order valence-electron chi connectivity index (χ2n) is 4.07. The van der Waals surface area contributed by atoms with Gasteiger partial charge in [-0.1, -0.05) is 24.3 Å². The van der Waals surface area contributed by atoms with E-state index in [2.05, 4.69) is 5.32 Å². The molecule has 2 aromatic carbocycles. The van der Waals surface area contributed by atoms with Gasteiger partial charge in [0.25, 0.3) is 0 Å². The zero-order valence-electron chi connectivity index (χ0n) is 11.0. The smallest absolute Gasteiger partial charge is 0.248 e. The fourth-order valence-corrected chi connectivity index (χ4v) is 2.22. The predicted octanol–water partition coefficient (Wildman–Crippen LogP) is 4.20. The van der Waals surface area contributed by atoms with E-state index in [1.165, 1.54) is 18.2 Å². The van der Waals surface area contributed by atoms with Crippen molar-refractivity contribution in [1.82, 2.24) is 0 Å². The molecule has 1 N–H and O–H groups in total. The number of carbonyl (C=O) groups is 1. The van der Waals surface area contributed by atoms with Crippen molar-refractivity contribution in [2.75, 3.05) is 11.6 Å². The van der Waals surface area contributed by atoms with Crippen molar-refractivity contribution in [1.29, 1.82) is 0 Å². The van der Waals surface area contributed by atoms with Crippen LogP contribution in [0.3, 0.4) is 0 Å². The Balaban J connectivity index is 2.03. The minimum Gasteiger partial charge on any atom is -0.321 e. The van der Waals surface area contributed by atoms with Crippen molar-refractivity contribution in [2.24, 2.45) is 0 Å². The van der Waals surface area contributed by atoms with Gasteiger partial charge in [-0.2, -0.15) is 0 Å². The number of nitrogens with one attached hydrogen (secondary N) is 1. The van der Waals surface area contributed by atoms with Crippen molar-refractivity contribution in [3.8, 4) is 0 Å². The summed E-state index contributed by atoms with van der Waals surface area (Å²) < 4.78 is 12.8. The van der Waals surface area contributed by atoms with Gasteiger partial charge in [-0.05, 0) is 42.2 Å². The van der Waals surface area contributed by atoms with E-state index in [-0.39, 0.29) is 11.7 Å². The summed E-state index contributed by atoms with van der Waals surface area (Å²) in [6.07, 6.45) is 5.04. The number of para-hydroxylation sites is 1. The average Bonchev–Trinajstić information content (AvgIpc) is 2.47. The molecular formula is C16H14FNOS. The SMILES string of the molecule is CSc1ccccc1NC(=O)C=Cc1ccc(F)cc1. The Morgan fingerprint density at radius 3 is 2.55 bits per heavy atom. The summed E-state index contributed by atoms with van der Waals surface area (Å²) in [6, 6.07) is 13.6. The highest BCUT2D eigenvalue weighted by atomic mass is 32.2. The van der Waals surface area contributed by atoms with Crippen molar-refractivity contribution < 1.29 is 9.18 Å². The van der Waals surface area contributed by atoms with Crippen LogP contribution >= 0.6 is 11.8 Å². The summed E-state index contributed by atoms with van der Waals surface area (Å²) in [5, 5.41) is 2.82. The molecule has 0 spiro atoms. The molecule has 0 atom stereocenters. The molecule has 0 saturated heterocycles. The minimum atomic E-state index is -0.291. The van der Waals surface area contributed by atoms with E-state index in [0.29, 0.717) is 0 Å². The number of rotatable bonds is 4. The molecule has 4 heteroatoms. The van der Waals surface area contributed by atoms with Crippen molar-refractivity contribution >= 4 is 29.4 Å². The summed E-state index contributed by atoms with van der Waals surface area (Å²) in [7, 11) is 0. The molecule has 0 unspecified atom stereocenters. The molecule has 0 saturated carbocycles. The van der Waals surface area contributed by atoms with E-state index in [4.69, 9.17) is 0 Å². The molecule has 0 aliphatic rings. The molecular weight excluding hydrogens is 273 g/mol.